The average Bonchev–Trinajstić information content (AvgIpc) is 2.57. The van der Waals surface area contributed by atoms with Gasteiger partial charge in [0.25, 0.3) is 0 Å². The lowest BCUT2D eigenvalue weighted by atomic mass is 10.0. The molecule has 0 saturated heterocycles. The third-order valence-electron chi connectivity index (χ3n) is 2.60. The maximum atomic E-state index is 10.2. The number of aliphatic hydroxyl groups is 1. The average molecular weight is 289 g/mol. The van der Waals surface area contributed by atoms with Gasteiger partial charge in [-0.05, 0) is 41.1 Å². The Labute approximate surface area is 106 Å². The fourth-order valence-electron chi connectivity index (χ4n) is 1.72. The van der Waals surface area contributed by atoms with Crippen LogP contribution < -0.4 is 0 Å². The minimum atomic E-state index is -0.411. The topological polar surface area (TPSA) is 38.0 Å². The smallest absolute Gasteiger partial charge is 0.0968 e. The van der Waals surface area contributed by atoms with Crippen LogP contribution in [0.25, 0.3) is 0 Å². The summed E-state index contributed by atoms with van der Waals surface area (Å²) in [6.45, 7) is 7.32. The Kier molecular flexibility index (Phi) is 5.49. The lowest BCUT2D eigenvalue weighted by Gasteiger charge is -2.14. The van der Waals surface area contributed by atoms with Crippen molar-refractivity contribution >= 4 is 15.9 Å². The summed E-state index contributed by atoms with van der Waals surface area (Å²) >= 11 is 3.45. The molecule has 1 aromatic heterocycles. The van der Waals surface area contributed by atoms with E-state index >= 15 is 0 Å². The zero-order valence-electron chi connectivity index (χ0n) is 10.3. The van der Waals surface area contributed by atoms with Crippen molar-refractivity contribution in [1.82, 2.24) is 9.78 Å². The molecule has 1 atom stereocenters. The highest BCUT2D eigenvalue weighted by Crippen LogP contribution is 2.27. The number of rotatable bonds is 6. The predicted molar refractivity (Wildman–Crippen MR) is 69.2 cm³/mol. The third-order valence-corrected chi connectivity index (χ3v) is 3.21. The number of halogens is 1. The first-order valence-electron chi connectivity index (χ1n) is 5.95. The quantitative estimate of drug-likeness (QED) is 0.870. The van der Waals surface area contributed by atoms with Gasteiger partial charge in [0.05, 0.1) is 22.5 Å². The van der Waals surface area contributed by atoms with Crippen LogP contribution in [0.5, 0.6) is 0 Å². The highest BCUT2D eigenvalue weighted by molar-refractivity contribution is 9.10. The van der Waals surface area contributed by atoms with Crippen molar-refractivity contribution in [2.45, 2.75) is 52.7 Å². The molecule has 4 heteroatoms. The minimum absolute atomic E-state index is 0.411. The van der Waals surface area contributed by atoms with Crippen LogP contribution in [-0.4, -0.2) is 14.9 Å². The summed E-state index contributed by atoms with van der Waals surface area (Å²) < 4.78 is 2.81. The molecule has 1 heterocycles. The van der Waals surface area contributed by atoms with Gasteiger partial charge in [-0.1, -0.05) is 20.8 Å². The van der Waals surface area contributed by atoms with E-state index in [1.807, 2.05) is 4.68 Å². The molecule has 0 aromatic carbocycles. The molecular formula is C12H21BrN2O. The summed E-state index contributed by atoms with van der Waals surface area (Å²) in [7, 11) is 0. The first kappa shape index (κ1) is 13.7. The van der Waals surface area contributed by atoms with Crippen molar-refractivity contribution in [2.24, 2.45) is 5.92 Å². The number of aromatic nitrogens is 2. The first-order chi connectivity index (χ1) is 7.56. The summed E-state index contributed by atoms with van der Waals surface area (Å²) in [6, 6.07) is 0. The van der Waals surface area contributed by atoms with E-state index in [0.717, 1.165) is 36.0 Å². The second-order valence-electron chi connectivity index (χ2n) is 4.59. The van der Waals surface area contributed by atoms with E-state index in [0.29, 0.717) is 5.92 Å². The maximum Gasteiger partial charge on any atom is 0.0968 e. The van der Waals surface area contributed by atoms with Gasteiger partial charge in [-0.15, -0.1) is 0 Å². The molecule has 1 aromatic rings. The summed E-state index contributed by atoms with van der Waals surface area (Å²) in [6.07, 6.45) is 4.21. The van der Waals surface area contributed by atoms with E-state index in [1.165, 1.54) is 0 Å². The van der Waals surface area contributed by atoms with Crippen molar-refractivity contribution in [1.29, 1.82) is 0 Å². The number of hydrogen-bond acceptors (Lipinski definition) is 2. The molecule has 16 heavy (non-hydrogen) atoms. The highest BCUT2D eigenvalue weighted by atomic mass is 79.9. The molecule has 0 saturated carbocycles. The molecule has 1 rings (SSSR count). The lowest BCUT2D eigenvalue weighted by Crippen LogP contribution is -2.10. The van der Waals surface area contributed by atoms with Gasteiger partial charge in [-0.3, -0.25) is 4.68 Å². The van der Waals surface area contributed by atoms with Crippen molar-refractivity contribution in [3.63, 3.8) is 0 Å². The summed E-state index contributed by atoms with van der Waals surface area (Å²) in [5.74, 6) is 0.621. The minimum Gasteiger partial charge on any atom is -0.387 e. The Balaban J connectivity index is 2.72. The number of aliphatic hydroxyl groups excluding tert-OH is 1. The van der Waals surface area contributed by atoms with E-state index in [4.69, 9.17) is 0 Å². The van der Waals surface area contributed by atoms with Gasteiger partial charge >= 0.3 is 0 Å². The van der Waals surface area contributed by atoms with Crippen molar-refractivity contribution in [3.8, 4) is 0 Å². The van der Waals surface area contributed by atoms with Crippen LogP contribution in [0.1, 0.15) is 51.8 Å². The Morgan fingerprint density at radius 1 is 1.44 bits per heavy atom. The fourth-order valence-corrected chi connectivity index (χ4v) is 2.28. The molecule has 0 spiro atoms. The van der Waals surface area contributed by atoms with Crippen molar-refractivity contribution in [2.75, 3.05) is 0 Å². The monoisotopic (exact) mass is 288 g/mol. The van der Waals surface area contributed by atoms with E-state index in [1.54, 1.807) is 6.20 Å². The number of hydrogen-bond donors (Lipinski definition) is 1. The second kappa shape index (κ2) is 6.40. The van der Waals surface area contributed by atoms with Gasteiger partial charge in [0, 0.05) is 6.54 Å². The summed E-state index contributed by atoms with van der Waals surface area (Å²) in [4.78, 5) is 0. The molecular weight excluding hydrogens is 268 g/mol. The van der Waals surface area contributed by atoms with Gasteiger partial charge in [0.1, 0.15) is 0 Å². The summed E-state index contributed by atoms with van der Waals surface area (Å²) in [5.41, 5.74) is 0.919. The number of nitrogens with zero attached hydrogens (tertiary/aromatic N) is 2. The van der Waals surface area contributed by atoms with E-state index < -0.39 is 6.10 Å². The van der Waals surface area contributed by atoms with Crippen LogP contribution in [0.2, 0.25) is 0 Å². The Bertz CT molecular complexity index is 323. The van der Waals surface area contributed by atoms with Crippen LogP contribution in [0.4, 0.5) is 0 Å². The van der Waals surface area contributed by atoms with Crippen LogP contribution in [0.3, 0.4) is 0 Å². The van der Waals surface area contributed by atoms with Crippen LogP contribution in [-0.2, 0) is 6.54 Å². The largest absolute Gasteiger partial charge is 0.387 e. The van der Waals surface area contributed by atoms with E-state index in [9.17, 15) is 5.11 Å². The highest BCUT2D eigenvalue weighted by Gasteiger charge is 2.17. The van der Waals surface area contributed by atoms with Gasteiger partial charge < -0.3 is 5.11 Å². The number of aryl methyl sites for hydroxylation is 1. The third kappa shape index (κ3) is 3.59. The van der Waals surface area contributed by atoms with Crippen LogP contribution >= 0.6 is 15.9 Å². The lowest BCUT2D eigenvalue weighted by molar-refractivity contribution is 0.147. The molecule has 0 aliphatic rings. The molecule has 0 fully saturated rings. The summed E-state index contributed by atoms with van der Waals surface area (Å²) in [5, 5.41) is 14.4. The van der Waals surface area contributed by atoms with Crippen molar-refractivity contribution in [3.05, 3.63) is 16.4 Å². The molecule has 92 valence electrons. The Morgan fingerprint density at radius 3 is 2.69 bits per heavy atom. The normalized spacial score (nSPS) is 13.4. The molecule has 3 nitrogen and oxygen atoms in total. The van der Waals surface area contributed by atoms with Crippen LogP contribution in [0, 0.1) is 5.92 Å². The Morgan fingerprint density at radius 2 is 2.12 bits per heavy atom. The maximum absolute atomic E-state index is 10.2. The zero-order valence-corrected chi connectivity index (χ0v) is 11.9. The van der Waals surface area contributed by atoms with Gasteiger partial charge in [-0.25, -0.2) is 0 Å². The molecule has 0 radical (unpaired) electrons. The van der Waals surface area contributed by atoms with E-state index in [-0.39, 0.29) is 0 Å². The molecule has 0 bridgehead atoms. The second-order valence-corrected chi connectivity index (χ2v) is 5.44. The Hall–Kier alpha value is -0.350. The van der Waals surface area contributed by atoms with Gasteiger partial charge in [-0.2, -0.15) is 5.10 Å². The fraction of sp³-hybridized carbons (Fsp3) is 0.750. The molecule has 0 aliphatic carbocycles. The molecule has 1 N–H and O–H groups in total. The molecule has 0 amide bonds. The van der Waals surface area contributed by atoms with Crippen LogP contribution in [0.15, 0.2) is 10.7 Å². The predicted octanol–water partition coefficient (Wildman–Crippen LogP) is 3.53. The van der Waals surface area contributed by atoms with Gasteiger partial charge in [0.2, 0.25) is 0 Å². The standard InChI is InChI=1S/C12H21BrN2O/c1-4-7-15-12(10(13)8-14-15)11(16)6-5-9(2)3/h8-9,11,16H,4-7H2,1-3H3. The van der Waals surface area contributed by atoms with E-state index in [2.05, 4.69) is 41.8 Å². The zero-order chi connectivity index (χ0) is 12.1. The van der Waals surface area contributed by atoms with Crippen molar-refractivity contribution < 1.29 is 5.11 Å². The molecule has 1 unspecified atom stereocenters. The SMILES string of the molecule is CCCn1ncc(Br)c1C(O)CCC(C)C. The first-order valence-corrected chi connectivity index (χ1v) is 6.74. The molecule has 0 aliphatic heterocycles. The van der Waals surface area contributed by atoms with Gasteiger partial charge in [0.15, 0.2) is 0 Å².